The molecule has 0 atom stereocenters. The molecule has 0 rings (SSSR count). The van der Waals surface area contributed by atoms with Crippen LogP contribution in [0.4, 0.5) is 0 Å². The monoisotopic (exact) mass is 305 g/mol. The van der Waals surface area contributed by atoms with E-state index in [1.165, 1.54) is 64.2 Å². The third kappa shape index (κ3) is 24.0. The number of unbranched alkanes of at least 4 members (excludes halogenated alkanes) is 10. The molecule has 0 saturated heterocycles. The second kappa shape index (κ2) is 25.0. The third-order valence-electron chi connectivity index (χ3n) is 3.49. The van der Waals surface area contributed by atoms with Gasteiger partial charge in [-0.3, -0.25) is 0 Å². The maximum Gasteiger partial charge on any atom is 0.0621 e. The third-order valence-corrected chi connectivity index (χ3v) is 3.49. The number of nitriles is 1. The van der Waals surface area contributed by atoms with Crippen molar-refractivity contribution in [2.45, 2.75) is 104 Å². The van der Waals surface area contributed by atoms with Gasteiger partial charge in [0, 0.05) is 6.42 Å². The Balaban J connectivity index is 0. The molecule has 0 aliphatic rings. The Labute approximate surface area is 140 Å². The van der Waals surface area contributed by atoms with Gasteiger partial charge in [-0.15, -0.1) is 0 Å². The summed E-state index contributed by atoms with van der Waals surface area (Å²) in [6.07, 6.45) is 25.1. The van der Waals surface area contributed by atoms with Crippen LogP contribution in [0.5, 0.6) is 0 Å². The predicted molar refractivity (Wildman–Crippen MR) is 101 cm³/mol. The smallest absolute Gasteiger partial charge is 0.0621 e. The summed E-state index contributed by atoms with van der Waals surface area (Å²) in [5.41, 5.74) is 0. The fourth-order valence-corrected chi connectivity index (χ4v) is 2.19. The van der Waals surface area contributed by atoms with Gasteiger partial charge in [-0.25, -0.2) is 0 Å². The van der Waals surface area contributed by atoms with Crippen molar-refractivity contribution in [1.82, 2.24) is 0 Å². The highest BCUT2D eigenvalue weighted by molar-refractivity contribution is 4.92. The molecule has 0 radical (unpaired) electrons. The molecular formula is C21H39N. The van der Waals surface area contributed by atoms with Crippen LogP contribution in [0.2, 0.25) is 0 Å². The van der Waals surface area contributed by atoms with Gasteiger partial charge in [0.05, 0.1) is 6.07 Å². The van der Waals surface area contributed by atoms with E-state index in [4.69, 9.17) is 5.26 Å². The van der Waals surface area contributed by atoms with E-state index in [0.29, 0.717) is 0 Å². The molecule has 0 aromatic heterocycles. The highest BCUT2D eigenvalue weighted by Crippen LogP contribution is 2.08. The lowest BCUT2D eigenvalue weighted by atomic mass is 10.1. The number of rotatable bonds is 14. The summed E-state index contributed by atoms with van der Waals surface area (Å²) in [5, 5.41) is 8.42. The second-order valence-electron chi connectivity index (χ2n) is 5.49. The van der Waals surface area contributed by atoms with Gasteiger partial charge < -0.3 is 0 Å². The Morgan fingerprint density at radius 2 is 1.18 bits per heavy atom. The average molecular weight is 306 g/mol. The lowest BCUT2D eigenvalue weighted by molar-refractivity contribution is 0.601. The highest BCUT2D eigenvalue weighted by Gasteiger charge is 1.90. The Morgan fingerprint density at radius 3 is 1.73 bits per heavy atom. The fraction of sp³-hybridized carbons (Fsp3) is 0.762. The first-order chi connectivity index (χ1) is 10.9. The van der Waals surface area contributed by atoms with E-state index in [9.17, 15) is 0 Å². The maximum absolute atomic E-state index is 8.42. The molecule has 0 aromatic carbocycles. The zero-order valence-corrected chi connectivity index (χ0v) is 15.4. The molecule has 0 aliphatic heterocycles. The molecule has 1 nitrogen and oxygen atoms in total. The van der Waals surface area contributed by atoms with Crippen LogP contribution in [0, 0.1) is 11.3 Å². The van der Waals surface area contributed by atoms with E-state index in [-0.39, 0.29) is 0 Å². The molecule has 128 valence electrons. The summed E-state index contributed by atoms with van der Waals surface area (Å²) in [7, 11) is 0. The molecule has 0 spiro atoms. The van der Waals surface area contributed by atoms with E-state index >= 15 is 0 Å². The summed E-state index contributed by atoms with van der Waals surface area (Å²) in [6, 6.07) is 2.20. The van der Waals surface area contributed by atoms with Crippen LogP contribution in [0.15, 0.2) is 24.3 Å². The standard InChI is InChI=1S/C19H33N.C2H6/c1-2-3-4-5-6-7-8-9-10-11-12-13-14-15-16-17-18-19-20;1-2/h6-7,9-10H,2-5,8,11-18H2,1H3;1-2H3/b7-6-,10-9-;. The van der Waals surface area contributed by atoms with Crippen LogP contribution < -0.4 is 0 Å². The molecule has 0 aliphatic carbocycles. The summed E-state index contributed by atoms with van der Waals surface area (Å²) in [5.74, 6) is 0. The van der Waals surface area contributed by atoms with Crippen molar-refractivity contribution >= 4 is 0 Å². The summed E-state index contributed by atoms with van der Waals surface area (Å²) in [4.78, 5) is 0. The van der Waals surface area contributed by atoms with Crippen LogP contribution >= 0.6 is 0 Å². The zero-order chi connectivity index (χ0) is 16.7. The number of allylic oxidation sites excluding steroid dienone is 4. The SMILES string of the molecule is CC.CCCCC/C=C\C/C=C\CCCCCCCCC#N. The molecule has 0 N–H and O–H groups in total. The van der Waals surface area contributed by atoms with E-state index in [1.54, 1.807) is 0 Å². The first-order valence-electron chi connectivity index (χ1n) is 9.58. The van der Waals surface area contributed by atoms with Crippen molar-refractivity contribution in [2.24, 2.45) is 0 Å². The van der Waals surface area contributed by atoms with Crippen molar-refractivity contribution in [3.05, 3.63) is 24.3 Å². The van der Waals surface area contributed by atoms with Gasteiger partial charge in [-0.1, -0.05) is 83.6 Å². The molecule has 0 amide bonds. The minimum Gasteiger partial charge on any atom is -0.198 e. The topological polar surface area (TPSA) is 23.8 Å². The van der Waals surface area contributed by atoms with E-state index in [2.05, 4.69) is 37.3 Å². The first kappa shape index (κ1) is 23.2. The molecule has 1 heteroatoms. The number of hydrogen-bond donors (Lipinski definition) is 0. The quantitative estimate of drug-likeness (QED) is 0.238. The Bertz CT molecular complexity index is 270. The van der Waals surface area contributed by atoms with Crippen LogP contribution in [0.1, 0.15) is 104 Å². The minimum atomic E-state index is 0.731. The highest BCUT2D eigenvalue weighted by atomic mass is 14.2. The van der Waals surface area contributed by atoms with Gasteiger partial charge in [0.15, 0.2) is 0 Å². The lowest BCUT2D eigenvalue weighted by Crippen LogP contribution is -1.79. The van der Waals surface area contributed by atoms with Gasteiger partial charge >= 0.3 is 0 Å². The number of hydrogen-bond acceptors (Lipinski definition) is 1. The van der Waals surface area contributed by atoms with Crippen LogP contribution in [-0.2, 0) is 0 Å². The van der Waals surface area contributed by atoms with E-state index < -0.39 is 0 Å². The largest absolute Gasteiger partial charge is 0.198 e. The van der Waals surface area contributed by atoms with Gasteiger partial charge in [-0.2, -0.15) is 5.26 Å². The predicted octanol–water partition coefficient (Wildman–Crippen LogP) is 7.74. The molecule has 0 heterocycles. The molecule has 0 fully saturated rings. The molecule has 0 aromatic rings. The van der Waals surface area contributed by atoms with Crippen LogP contribution in [-0.4, -0.2) is 0 Å². The van der Waals surface area contributed by atoms with Gasteiger partial charge in [0.2, 0.25) is 0 Å². The molecule has 0 saturated carbocycles. The van der Waals surface area contributed by atoms with Crippen molar-refractivity contribution in [1.29, 1.82) is 5.26 Å². The van der Waals surface area contributed by atoms with Gasteiger partial charge in [0.1, 0.15) is 0 Å². The average Bonchev–Trinajstić information content (AvgIpc) is 2.56. The van der Waals surface area contributed by atoms with Crippen molar-refractivity contribution in [2.75, 3.05) is 0 Å². The normalized spacial score (nSPS) is 10.6. The van der Waals surface area contributed by atoms with Gasteiger partial charge in [0.25, 0.3) is 0 Å². The van der Waals surface area contributed by atoms with Crippen molar-refractivity contribution < 1.29 is 0 Å². The van der Waals surface area contributed by atoms with Gasteiger partial charge in [-0.05, 0) is 38.5 Å². The molecule has 0 unspecified atom stereocenters. The fourth-order valence-electron chi connectivity index (χ4n) is 2.19. The molecular weight excluding hydrogens is 266 g/mol. The second-order valence-corrected chi connectivity index (χ2v) is 5.49. The molecule has 0 bridgehead atoms. The maximum atomic E-state index is 8.42. The van der Waals surface area contributed by atoms with Crippen LogP contribution in [0.3, 0.4) is 0 Å². The Kier molecular flexibility index (Phi) is 26.4. The Morgan fingerprint density at radius 1 is 0.682 bits per heavy atom. The Hall–Kier alpha value is -1.03. The van der Waals surface area contributed by atoms with E-state index in [1.807, 2.05) is 13.8 Å². The summed E-state index contributed by atoms with van der Waals surface area (Å²) < 4.78 is 0. The molecule has 22 heavy (non-hydrogen) atoms. The number of nitrogens with zero attached hydrogens (tertiary/aromatic N) is 1. The van der Waals surface area contributed by atoms with Crippen molar-refractivity contribution in [3.63, 3.8) is 0 Å². The lowest BCUT2D eigenvalue weighted by Gasteiger charge is -1.98. The van der Waals surface area contributed by atoms with Crippen molar-refractivity contribution in [3.8, 4) is 6.07 Å². The van der Waals surface area contributed by atoms with Crippen LogP contribution in [0.25, 0.3) is 0 Å². The van der Waals surface area contributed by atoms with E-state index in [0.717, 1.165) is 19.3 Å². The minimum absolute atomic E-state index is 0.731. The first-order valence-corrected chi connectivity index (χ1v) is 9.58. The summed E-state index contributed by atoms with van der Waals surface area (Å²) in [6.45, 7) is 6.25. The summed E-state index contributed by atoms with van der Waals surface area (Å²) >= 11 is 0. The zero-order valence-electron chi connectivity index (χ0n) is 15.4.